The van der Waals surface area contributed by atoms with Crippen molar-refractivity contribution in [3.05, 3.63) is 23.4 Å². The Balaban J connectivity index is 2.88. The summed E-state index contributed by atoms with van der Waals surface area (Å²) in [6.45, 7) is 4.72. The van der Waals surface area contributed by atoms with Gasteiger partial charge in [-0.2, -0.15) is 0 Å². The van der Waals surface area contributed by atoms with Crippen LogP contribution in [-0.2, 0) is 14.4 Å². The first-order valence-corrected chi connectivity index (χ1v) is 11.0. The van der Waals surface area contributed by atoms with E-state index in [0.717, 1.165) is 5.57 Å². The highest BCUT2D eigenvalue weighted by Gasteiger charge is 2.36. The monoisotopic (exact) mass is 483 g/mol. The first-order valence-electron chi connectivity index (χ1n) is 10.6. The Kier molecular flexibility index (Phi) is 10.7. The number of allylic oxidation sites excluding steroid dienone is 2. The van der Waals surface area contributed by atoms with E-state index in [1.165, 1.54) is 18.7 Å². The van der Waals surface area contributed by atoms with E-state index in [-0.39, 0.29) is 37.0 Å². The van der Waals surface area contributed by atoms with Gasteiger partial charge in [0.05, 0.1) is 12.0 Å². The molecule has 11 nitrogen and oxygen atoms in total. The summed E-state index contributed by atoms with van der Waals surface area (Å²) < 4.78 is 0. The molecule has 33 heavy (non-hydrogen) atoms. The highest BCUT2D eigenvalue weighted by molar-refractivity contribution is 6.30. The lowest BCUT2D eigenvalue weighted by Gasteiger charge is -2.32. The molecule has 0 radical (unpaired) electrons. The smallest absolute Gasteiger partial charge is 0.303 e. The predicted octanol–water partition coefficient (Wildman–Crippen LogP) is 0.494. The molecule has 1 aliphatic carbocycles. The molecule has 0 heterocycles. The van der Waals surface area contributed by atoms with Crippen LogP contribution in [0.25, 0.3) is 0 Å². The van der Waals surface area contributed by atoms with Crippen molar-refractivity contribution in [1.82, 2.24) is 15.5 Å². The van der Waals surface area contributed by atoms with Gasteiger partial charge in [-0.15, -0.1) is 0 Å². The summed E-state index contributed by atoms with van der Waals surface area (Å²) in [7, 11) is 0. The van der Waals surface area contributed by atoms with Crippen molar-refractivity contribution in [2.75, 3.05) is 19.6 Å². The molecule has 0 spiro atoms. The number of hydrogen-bond donors (Lipinski definition) is 7. The van der Waals surface area contributed by atoms with Gasteiger partial charge < -0.3 is 32.2 Å². The van der Waals surface area contributed by atoms with Crippen molar-refractivity contribution in [2.45, 2.75) is 51.6 Å². The summed E-state index contributed by atoms with van der Waals surface area (Å²) in [5.41, 5.74) is 10.6. The minimum Gasteiger partial charge on any atom is -0.481 e. The second-order valence-electron chi connectivity index (χ2n) is 8.06. The van der Waals surface area contributed by atoms with Gasteiger partial charge in [0.25, 0.3) is 0 Å². The maximum atomic E-state index is 12.9. The van der Waals surface area contributed by atoms with Gasteiger partial charge in [0.2, 0.25) is 11.8 Å². The van der Waals surface area contributed by atoms with Gasteiger partial charge in [0.15, 0.2) is 0 Å². The predicted molar refractivity (Wildman–Crippen MR) is 127 cm³/mol. The summed E-state index contributed by atoms with van der Waals surface area (Å²) in [5, 5.41) is 29.6. The van der Waals surface area contributed by atoms with E-state index < -0.39 is 28.8 Å². The quantitative estimate of drug-likeness (QED) is 0.0854. The minimum absolute atomic E-state index is 0.0244. The van der Waals surface area contributed by atoms with Crippen LogP contribution in [0.15, 0.2) is 23.4 Å². The Labute approximate surface area is 198 Å². The lowest BCUT2D eigenvalue weighted by Crippen LogP contribution is -2.54. The van der Waals surface area contributed by atoms with Gasteiger partial charge in [-0.1, -0.05) is 17.7 Å². The van der Waals surface area contributed by atoms with Gasteiger partial charge in [-0.25, -0.2) is 0 Å². The van der Waals surface area contributed by atoms with Crippen LogP contribution in [-0.4, -0.2) is 70.5 Å². The highest BCUT2D eigenvalue weighted by atomic mass is 35.5. The molecule has 0 aromatic heterocycles. The molecule has 9 N–H and O–H groups in total. The third kappa shape index (κ3) is 7.95. The number of aliphatic carboxylic acids is 1. The molecule has 0 aliphatic heterocycles. The Morgan fingerprint density at radius 1 is 1.39 bits per heavy atom. The molecule has 0 fully saturated rings. The number of alkyl halides is 1. The number of likely N-dealkylation sites (N-methyl/N-ethyl adjacent to an activating group) is 1. The normalized spacial score (nSPS) is 18.3. The number of nitrogens with two attached hydrogens (primary N) is 2. The number of nitrogens with zero attached hydrogens (tertiary/aromatic N) is 1. The van der Waals surface area contributed by atoms with Crippen molar-refractivity contribution in [2.24, 2.45) is 16.9 Å². The fourth-order valence-electron chi connectivity index (χ4n) is 3.19. The topological polar surface area (TPSA) is 198 Å². The molecule has 3 atom stereocenters. The molecule has 1 aliphatic rings. The number of amides is 2. The number of nitrogens with one attached hydrogen (secondary N) is 4. The van der Waals surface area contributed by atoms with Crippen molar-refractivity contribution in [3.8, 4) is 0 Å². The van der Waals surface area contributed by atoms with Crippen LogP contribution >= 0.6 is 11.6 Å². The molecule has 1 rings (SSSR count). The Morgan fingerprint density at radius 2 is 2.03 bits per heavy atom. The zero-order valence-electron chi connectivity index (χ0n) is 19.2. The molecule has 0 saturated heterocycles. The second kappa shape index (κ2) is 12.5. The molecule has 184 valence electrons. The first-order chi connectivity index (χ1) is 15.3. The van der Waals surface area contributed by atoms with Gasteiger partial charge in [0.1, 0.15) is 11.3 Å². The fourth-order valence-corrected chi connectivity index (χ4v) is 3.27. The average Bonchev–Trinajstić information content (AvgIpc) is 2.75. The number of rotatable bonds is 13. The summed E-state index contributed by atoms with van der Waals surface area (Å²) in [6.07, 6.45) is 4.39. The summed E-state index contributed by atoms with van der Waals surface area (Å²) in [5.74, 6) is -2.16. The van der Waals surface area contributed by atoms with Crippen LogP contribution in [0.5, 0.6) is 0 Å². The zero-order chi connectivity index (χ0) is 25.3. The number of amidine groups is 1. The lowest BCUT2D eigenvalue weighted by molar-refractivity contribution is -0.137. The molecule has 12 heteroatoms. The maximum absolute atomic E-state index is 12.9. The SMILES string of the molecule is CCN(C(=O)CNC(=O)C(C)(CNC(Cl)C(=N)N)C(C)=N)C1=CC(CCC(=O)O)=CCC1N. The van der Waals surface area contributed by atoms with E-state index in [0.29, 0.717) is 25.1 Å². The molecular weight excluding hydrogens is 450 g/mol. The van der Waals surface area contributed by atoms with Crippen LogP contribution in [0.1, 0.15) is 40.0 Å². The summed E-state index contributed by atoms with van der Waals surface area (Å²) >= 11 is 5.89. The molecule has 0 aromatic rings. The molecule has 0 saturated carbocycles. The zero-order valence-corrected chi connectivity index (χ0v) is 20.0. The molecule has 0 bridgehead atoms. The van der Waals surface area contributed by atoms with E-state index in [9.17, 15) is 14.4 Å². The van der Waals surface area contributed by atoms with E-state index >= 15 is 0 Å². The number of carbonyl (C=O) groups excluding carboxylic acids is 2. The molecule has 0 aromatic carbocycles. The minimum atomic E-state index is -1.31. The summed E-state index contributed by atoms with van der Waals surface area (Å²) in [4.78, 5) is 38.1. The van der Waals surface area contributed by atoms with Gasteiger partial charge >= 0.3 is 5.97 Å². The number of carbonyl (C=O) groups is 3. The van der Waals surface area contributed by atoms with Crippen molar-refractivity contribution < 1.29 is 19.5 Å². The van der Waals surface area contributed by atoms with Crippen LogP contribution in [0.4, 0.5) is 0 Å². The molecule has 2 amide bonds. The fraction of sp³-hybridized carbons (Fsp3) is 0.571. The van der Waals surface area contributed by atoms with Gasteiger partial charge in [-0.3, -0.25) is 25.1 Å². The van der Waals surface area contributed by atoms with Crippen LogP contribution in [0.2, 0.25) is 0 Å². The number of carboxylic acid groups (broad SMARTS) is 1. The van der Waals surface area contributed by atoms with Crippen LogP contribution in [0, 0.1) is 16.2 Å². The van der Waals surface area contributed by atoms with E-state index in [2.05, 4.69) is 10.6 Å². The van der Waals surface area contributed by atoms with E-state index in [4.69, 9.17) is 39.0 Å². The second-order valence-corrected chi connectivity index (χ2v) is 8.50. The summed E-state index contributed by atoms with van der Waals surface area (Å²) in [6, 6.07) is -0.427. The van der Waals surface area contributed by atoms with Crippen molar-refractivity contribution >= 4 is 40.9 Å². The van der Waals surface area contributed by atoms with Crippen molar-refractivity contribution in [1.29, 1.82) is 10.8 Å². The standard InChI is InChI=1S/C21H34ClN7O4/c1-4-29(15-9-13(5-7-14(15)24)6-8-17(31)32)16(30)10-27-20(33)21(3,12(2)23)11-28-18(22)19(25)26/h5,9,14,18,23,28H,4,6-8,10-11,24H2,1-3H3,(H3,25,26)(H,27,33)(H,31,32). The third-order valence-corrected chi connectivity index (χ3v) is 5.93. The van der Waals surface area contributed by atoms with E-state index in [1.807, 2.05) is 6.08 Å². The lowest BCUT2D eigenvalue weighted by atomic mass is 9.84. The van der Waals surface area contributed by atoms with Crippen molar-refractivity contribution in [3.63, 3.8) is 0 Å². The van der Waals surface area contributed by atoms with Crippen LogP contribution in [0.3, 0.4) is 0 Å². The number of halogens is 1. The highest BCUT2D eigenvalue weighted by Crippen LogP contribution is 2.23. The molecular formula is C21H34ClN7O4. The number of carboxylic acids is 1. The average molecular weight is 484 g/mol. The Hall–Kier alpha value is -2.76. The third-order valence-electron chi connectivity index (χ3n) is 5.54. The largest absolute Gasteiger partial charge is 0.481 e. The molecule has 3 unspecified atom stereocenters. The van der Waals surface area contributed by atoms with Crippen LogP contribution < -0.4 is 22.1 Å². The number of hydrogen-bond acceptors (Lipinski definition) is 7. The van der Waals surface area contributed by atoms with Gasteiger partial charge in [-0.05, 0) is 45.3 Å². The Morgan fingerprint density at radius 3 is 2.55 bits per heavy atom. The maximum Gasteiger partial charge on any atom is 0.303 e. The first kappa shape index (κ1) is 28.3. The van der Waals surface area contributed by atoms with Gasteiger partial charge in [0, 0.05) is 37.0 Å². The van der Waals surface area contributed by atoms with E-state index in [1.54, 1.807) is 13.0 Å². The Bertz CT molecular complexity index is 858.